The summed E-state index contributed by atoms with van der Waals surface area (Å²) in [6.07, 6.45) is 0. The van der Waals surface area contributed by atoms with Gasteiger partial charge in [0.25, 0.3) is 0 Å². The molecule has 0 bridgehead atoms. The van der Waals surface area contributed by atoms with Gasteiger partial charge in [-0.1, -0.05) is 27.7 Å². The quantitative estimate of drug-likeness (QED) is 0.340. The number of hydrogen-bond donors (Lipinski definition) is 0. The molecule has 0 aromatic carbocycles. The molecule has 4 heteroatoms. The zero-order valence-corrected chi connectivity index (χ0v) is 19.3. The van der Waals surface area contributed by atoms with Gasteiger partial charge in [0.2, 0.25) is 0 Å². The average molecular weight is 418 g/mol. The van der Waals surface area contributed by atoms with Crippen LogP contribution in [-0.2, 0) is 0 Å². The van der Waals surface area contributed by atoms with E-state index < -0.39 is 26.7 Å². The van der Waals surface area contributed by atoms with Crippen molar-refractivity contribution in [2.45, 2.75) is 87.2 Å². The Morgan fingerprint density at radius 3 is 1.00 bits per heavy atom. The van der Waals surface area contributed by atoms with E-state index in [4.69, 9.17) is 20.0 Å². The minimum absolute atomic E-state index is 0.405. The van der Waals surface area contributed by atoms with E-state index in [1.165, 1.54) is 0 Å². The SMILES string of the molecule is CC(C)[Si](Cl)C(C)C.C[C](C)(C)[Sn]([Cl])[C](C)(C)C. The Labute approximate surface area is 133 Å². The molecule has 0 heterocycles. The molecule has 0 saturated carbocycles. The molecule has 2 radical (unpaired) electrons. The van der Waals surface area contributed by atoms with Crippen LogP contribution in [0, 0.1) is 0 Å². The third-order valence-corrected chi connectivity index (χ3v) is 22.4. The van der Waals surface area contributed by atoms with Crippen molar-refractivity contribution < 1.29 is 0 Å². The molecule has 18 heavy (non-hydrogen) atoms. The maximum atomic E-state index is 6.43. The van der Waals surface area contributed by atoms with Gasteiger partial charge in [-0.05, 0) is 11.1 Å². The molecule has 110 valence electrons. The summed E-state index contributed by atoms with van der Waals surface area (Å²) in [4.78, 5) is 0. The fourth-order valence-electron chi connectivity index (χ4n) is 1.79. The predicted octanol–water partition coefficient (Wildman–Crippen LogP) is 6.85. The summed E-state index contributed by atoms with van der Waals surface area (Å²) >= 11 is 4.39. The molecule has 0 aliphatic rings. The molecule has 0 spiro atoms. The van der Waals surface area contributed by atoms with Gasteiger partial charge in [-0.25, -0.2) is 0 Å². The van der Waals surface area contributed by atoms with Crippen molar-refractivity contribution in [3.05, 3.63) is 0 Å². The van der Waals surface area contributed by atoms with Gasteiger partial charge in [0.1, 0.15) is 0 Å². The molecule has 0 aliphatic carbocycles. The number of hydrogen-bond acceptors (Lipinski definition) is 0. The molecule has 0 atom stereocenters. The molecule has 0 N–H and O–H groups in total. The molecule has 0 amide bonds. The fraction of sp³-hybridized carbons (Fsp3) is 1.00. The maximum absolute atomic E-state index is 6.43. The van der Waals surface area contributed by atoms with Crippen LogP contribution in [0.25, 0.3) is 0 Å². The second-order valence-electron chi connectivity index (χ2n) is 7.51. The van der Waals surface area contributed by atoms with Crippen molar-refractivity contribution in [1.82, 2.24) is 0 Å². The average Bonchev–Trinajstić information content (AvgIpc) is 2.13. The van der Waals surface area contributed by atoms with Crippen molar-refractivity contribution in [1.29, 1.82) is 0 Å². The van der Waals surface area contributed by atoms with E-state index in [2.05, 4.69) is 69.2 Å². The van der Waals surface area contributed by atoms with Crippen molar-refractivity contribution in [2.75, 3.05) is 0 Å². The second-order valence-corrected chi connectivity index (χ2v) is 24.8. The monoisotopic (exact) mass is 418 g/mol. The van der Waals surface area contributed by atoms with Crippen LogP contribution < -0.4 is 0 Å². The first-order valence-electron chi connectivity index (χ1n) is 6.76. The topological polar surface area (TPSA) is 0 Å². The third-order valence-electron chi connectivity index (χ3n) is 2.42. The van der Waals surface area contributed by atoms with Crippen molar-refractivity contribution >= 4 is 46.7 Å². The van der Waals surface area contributed by atoms with E-state index in [0.29, 0.717) is 17.9 Å². The summed E-state index contributed by atoms with van der Waals surface area (Å²) in [5, 5.41) is 0. The number of halogens is 2. The number of rotatable bonds is 2. The van der Waals surface area contributed by atoms with Gasteiger partial charge in [0.15, 0.2) is 8.11 Å². The van der Waals surface area contributed by atoms with E-state index in [-0.39, 0.29) is 0 Å². The molecule has 0 nitrogen and oxygen atoms in total. The van der Waals surface area contributed by atoms with Gasteiger partial charge in [-0.3, -0.25) is 0 Å². The van der Waals surface area contributed by atoms with Crippen LogP contribution in [-0.4, -0.2) is 26.7 Å². The summed E-state index contributed by atoms with van der Waals surface area (Å²) in [6, 6.07) is 0. The molecule has 0 aromatic heterocycles. The van der Waals surface area contributed by atoms with Crippen LogP contribution in [0.2, 0.25) is 17.9 Å². The minimum atomic E-state index is -1.66. The summed E-state index contributed by atoms with van der Waals surface area (Å²) in [5.74, 6) is 0. The molecule has 0 aromatic rings. The van der Waals surface area contributed by atoms with Gasteiger partial charge in [0.05, 0.1) is 0 Å². The first-order valence-corrected chi connectivity index (χ1v) is 15.9. The van der Waals surface area contributed by atoms with E-state index >= 15 is 0 Å². The Kier molecular flexibility index (Phi) is 10.7. The zero-order chi connectivity index (χ0) is 15.3. The molecular weight excluding hydrogens is 386 g/mol. The normalized spacial score (nSPS) is 13.3. The van der Waals surface area contributed by atoms with Crippen LogP contribution in [0.15, 0.2) is 0 Å². The van der Waals surface area contributed by atoms with Crippen molar-refractivity contribution in [3.63, 3.8) is 0 Å². The Morgan fingerprint density at radius 1 is 0.778 bits per heavy atom. The second kappa shape index (κ2) is 8.79. The molecule has 0 unspecified atom stereocenters. The first kappa shape index (κ1) is 21.9. The summed E-state index contributed by atoms with van der Waals surface area (Å²) in [7, 11) is 5.88. The fourth-order valence-corrected chi connectivity index (χ4v) is 9.55. The summed E-state index contributed by atoms with van der Waals surface area (Å²) in [5.41, 5.74) is 1.42. The third kappa shape index (κ3) is 10.4. The van der Waals surface area contributed by atoms with Gasteiger partial charge in [-0.2, -0.15) is 11.1 Å². The Hall–Kier alpha value is 1.60. The van der Waals surface area contributed by atoms with Crippen LogP contribution in [0.1, 0.15) is 69.2 Å². The summed E-state index contributed by atoms with van der Waals surface area (Å²) < 4.78 is 0.810. The zero-order valence-electron chi connectivity index (χ0n) is 13.9. The van der Waals surface area contributed by atoms with Gasteiger partial charge >= 0.3 is 76.0 Å². The van der Waals surface area contributed by atoms with Gasteiger partial charge < -0.3 is 0 Å². The van der Waals surface area contributed by atoms with E-state index in [0.717, 1.165) is 0 Å². The molecule has 0 saturated heterocycles. The van der Waals surface area contributed by atoms with Gasteiger partial charge in [0, 0.05) is 0 Å². The van der Waals surface area contributed by atoms with Crippen LogP contribution in [0.4, 0.5) is 0 Å². The Balaban J connectivity index is 0. The van der Waals surface area contributed by atoms with E-state index in [1.807, 2.05) is 0 Å². The van der Waals surface area contributed by atoms with Crippen LogP contribution in [0.5, 0.6) is 0 Å². The van der Waals surface area contributed by atoms with Gasteiger partial charge in [-0.15, -0.1) is 0 Å². The van der Waals surface area contributed by atoms with E-state index in [1.54, 1.807) is 0 Å². The van der Waals surface area contributed by atoms with E-state index in [9.17, 15) is 0 Å². The van der Waals surface area contributed by atoms with Crippen LogP contribution >= 0.6 is 20.0 Å². The van der Waals surface area contributed by atoms with Crippen molar-refractivity contribution in [2.24, 2.45) is 0 Å². The predicted molar refractivity (Wildman–Crippen MR) is 92.8 cm³/mol. The Bertz CT molecular complexity index is 195. The molecule has 0 fully saturated rings. The van der Waals surface area contributed by atoms with Crippen molar-refractivity contribution in [3.8, 4) is 0 Å². The summed E-state index contributed by atoms with van der Waals surface area (Å²) in [6.45, 7) is 22.4. The molecule has 0 aliphatic heterocycles. The van der Waals surface area contributed by atoms with Crippen LogP contribution in [0.3, 0.4) is 0 Å². The Morgan fingerprint density at radius 2 is 1.00 bits per heavy atom. The molecule has 0 rings (SSSR count). The first-order chi connectivity index (χ1) is 7.71. The molecular formula is C14H32Cl2SiSn. The standard InChI is InChI=1S/C6H14ClSi.2C4H9.ClH.Sn/c1-5(2)8(7)6(3)4;2*1-4(2)3;;/h5-6H,1-4H3;2*1-3H3;1H;/q;;;;+1/p-1.